The first-order valence-corrected chi connectivity index (χ1v) is 5.90. The maximum absolute atomic E-state index is 11.3. The van der Waals surface area contributed by atoms with Gasteiger partial charge in [-0.1, -0.05) is 6.07 Å². The lowest BCUT2D eigenvalue weighted by Crippen LogP contribution is -2.08. The van der Waals surface area contributed by atoms with Gasteiger partial charge >= 0.3 is 0 Å². The lowest BCUT2D eigenvalue weighted by molar-refractivity contribution is 0.894. The topological polar surface area (TPSA) is 84.7 Å². The predicted octanol–water partition coefficient (Wildman–Crippen LogP) is 1.08. The smallest absolute Gasteiger partial charge is 0.251 e. The van der Waals surface area contributed by atoms with E-state index in [-0.39, 0.29) is 5.56 Å². The molecular formula is C11H12N4OS. The maximum atomic E-state index is 11.3. The second kappa shape index (κ2) is 5.11. The maximum Gasteiger partial charge on any atom is 0.251 e. The van der Waals surface area contributed by atoms with Crippen LogP contribution in [0.4, 0.5) is 0 Å². The van der Waals surface area contributed by atoms with E-state index in [1.165, 1.54) is 17.8 Å². The molecule has 0 unspecified atom stereocenters. The highest BCUT2D eigenvalue weighted by atomic mass is 32.2. The van der Waals surface area contributed by atoms with E-state index in [0.29, 0.717) is 17.4 Å². The number of nitrogens with one attached hydrogen (secondary N) is 1. The van der Waals surface area contributed by atoms with Gasteiger partial charge in [-0.3, -0.25) is 4.79 Å². The number of aromatic amines is 1. The number of aryl methyl sites for hydroxylation is 1. The average Bonchev–Trinajstić information content (AvgIpc) is 2.28. The number of hydrogen-bond acceptors (Lipinski definition) is 5. The van der Waals surface area contributed by atoms with Crippen LogP contribution in [0.15, 0.2) is 39.4 Å². The van der Waals surface area contributed by atoms with Crippen LogP contribution in [0.3, 0.4) is 0 Å². The highest BCUT2D eigenvalue weighted by Crippen LogP contribution is 2.24. The molecule has 0 aliphatic rings. The summed E-state index contributed by atoms with van der Waals surface area (Å²) < 4.78 is 0. The first-order valence-electron chi connectivity index (χ1n) is 5.09. The number of nitrogens with zero attached hydrogens (tertiary/aromatic N) is 2. The van der Waals surface area contributed by atoms with Crippen LogP contribution in [-0.4, -0.2) is 15.0 Å². The van der Waals surface area contributed by atoms with Gasteiger partial charge in [0.1, 0.15) is 5.03 Å². The van der Waals surface area contributed by atoms with Crippen LogP contribution in [0.1, 0.15) is 11.3 Å². The van der Waals surface area contributed by atoms with Crippen molar-refractivity contribution in [3.8, 4) is 0 Å². The summed E-state index contributed by atoms with van der Waals surface area (Å²) in [4.78, 5) is 22.4. The van der Waals surface area contributed by atoms with Gasteiger partial charge in [0, 0.05) is 24.5 Å². The minimum Gasteiger partial charge on any atom is -0.326 e. The Bertz CT molecular complexity index is 582. The van der Waals surface area contributed by atoms with Gasteiger partial charge < -0.3 is 10.7 Å². The molecule has 0 bridgehead atoms. The zero-order chi connectivity index (χ0) is 12.3. The minimum atomic E-state index is -0.162. The van der Waals surface area contributed by atoms with Crippen molar-refractivity contribution in [1.29, 1.82) is 0 Å². The fourth-order valence-electron chi connectivity index (χ4n) is 1.36. The summed E-state index contributed by atoms with van der Waals surface area (Å²) in [5.74, 6) is 0. The quantitative estimate of drug-likeness (QED) is 0.794. The van der Waals surface area contributed by atoms with Crippen molar-refractivity contribution in [3.05, 3.63) is 46.0 Å². The molecule has 0 amide bonds. The fourth-order valence-corrected chi connectivity index (χ4v) is 2.28. The van der Waals surface area contributed by atoms with E-state index in [0.717, 1.165) is 10.6 Å². The second-order valence-corrected chi connectivity index (χ2v) is 4.44. The summed E-state index contributed by atoms with van der Waals surface area (Å²) in [6, 6.07) is 5.19. The van der Waals surface area contributed by atoms with Crippen LogP contribution in [0.2, 0.25) is 0 Å². The molecule has 0 saturated heterocycles. The summed E-state index contributed by atoms with van der Waals surface area (Å²) in [5.41, 5.74) is 7.07. The largest absolute Gasteiger partial charge is 0.326 e. The van der Waals surface area contributed by atoms with E-state index in [4.69, 9.17) is 5.73 Å². The number of pyridine rings is 1. The molecule has 5 nitrogen and oxygen atoms in total. The SMILES string of the molecule is Cc1cc(=O)[nH]c(Sc2ncccc2CN)n1. The molecule has 2 aromatic heterocycles. The van der Waals surface area contributed by atoms with E-state index in [2.05, 4.69) is 15.0 Å². The van der Waals surface area contributed by atoms with Gasteiger partial charge in [-0.05, 0) is 30.3 Å². The first kappa shape index (κ1) is 11.8. The van der Waals surface area contributed by atoms with Gasteiger partial charge in [-0.15, -0.1) is 0 Å². The molecule has 0 fully saturated rings. The number of aromatic nitrogens is 3. The number of hydrogen-bond donors (Lipinski definition) is 2. The second-order valence-electron chi connectivity index (χ2n) is 3.47. The standard InChI is InChI=1S/C11H12N4OS/c1-7-5-9(16)15-11(14-7)17-10-8(6-12)3-2-4-13-10/h2-5H,6,12H2,1H3,(H,14,15,16). The van der Waals surface area contributed by atoms with Crippen LogP contribution >= 0.6 is 11.8 Å². The van der Waals surface area contributed by atoms with E-state index >= 15 is 0 Å². The molecule has 2 rings (SSSR count). The Morgan fingerprint density at radius 3 is 3.06 bits per heavy atom. The third-order valence-electron chi connectivity index (χ3n) is 2.11. The molecule has 2 aromatic rings. The summed E-state index contributed by atoms with van der Waals surface area (Å²) in [6.07, 6.45) is 1.69. The van der Waals surface area contributed by atoms with Crippen molar-refractivity contribution in [1.82, 2.24) is 15.0 Å². The Balaban J connectivity index is 2.34. The van der Waals surface area contributed by atoms with Gasteiger partial charge in [0.15, 0.2) is 5.16 Å². The lowest BCUT2D eigenvalue weighted by atomic mass is 10.3. The Labute approximate surface area is 103 Å². The van der Waals surface area contributed by atoms with Gasteiger partial charge in [0.05, 0.1) is 0 Å². The zero-order valence-electron chi connectivity index (χ0n) is 9.30. The van der Waals surface area contributed by atoms with Crippen molar-refractivity contribution < 1.29 is 0 Å². The van der Waals surface area contributed by atoms with Crippen molar-refractivity contribution in [3.63, 3.8) is 0 Å². The number of H-pyrrole nitrogens is 1. The third-order valence-corrected chi connectivity index (χ3v) is 3.06. The Hall–Kier alpha value is -1.66. The number of nitrogens with two attached hydrogens (primary N) is 1. The van der Waals surface area contributed by atoms with Crippen LogP contribution < -0.4 is 11.3 Å². The molecular weight excluding hydrogens is 236 g/mol. The summed E-state index contributed by atoms with van der Waals surface area (Å²) in [6.45, 7) is 2.19. The molecule has 88 valence electrons. The van der Waals surface area contributed by atoms with E-state index < -0.39 is 0 Å². The summed E-state index contributed by atoms with van der Waals surface area (Å²) >= 11 is 1.31. The highest BCUT2D eigenvalue weighted by Gasteiger charge is 2.06. The molecule has 0 aliphatic carbocycles. The molecule has 6 heteroatoms. The van der Waals surface area contributed by atoms with Gasteiger partial charge in [0.25, 0.3) is 5.56 Å². The molecule has 0 atom stereocenters. The molecule has 2 heterocycles. The van der Waals surface area contributed by atoms with E-state index in [9.17, 15) is 4.79 Å². The molecule has 0 aromatic carbocycles. The van der Waals surface area contributed by atoms with Crippen molar-refractivity contribution in [2.24, 2.45) is 5.73 Å². The molecule has 0 spiro atoms. The lowest BCUT2D eigenvalue weighted by Gasteiger charge is -2.05. The predicted molar refractivity (Wildman–Crippen MR) is 65.8 cm³/mol. The minimum absolute atomic E-state index is 0.162. The van der Waals surface area contributed by atoms with Crippen molar-refractivity contribution >= 4 is 11.8 Å². The normalized spacial score (nSPS) is 10.5. The molecule has 17 heavy (non-hydrogen) atoms. The van der Waals surface area contributed by atoms with Crippen molar-refractivity contribution in [2.75, 3.05) is 0 Å². The van der Waals surface area contributed by atoms with Crippen LogP contribution in [0, 0.1) is 6.92 Å². The van der Waals surface area contributed by atoms with Gasteiger partial charge in [0.2, 0.25) is 0 Å². The van der Waals surface area contributed by atoms with Crippen molar-refractivity contribution in [2.45, 2.75) is 23.7 Å². The highest BCUT2D eigenvalue weighted by molar-refractivity contribution is 7.99. The Morgan fingerprint density at radius 1 is 1.53 bits per heavy atom. The summed E-state index contributed by atoms with van der Waals surface area (Å²) in [7, 11) is 0. The summed E-state index contributed by atoms with van der Waals surface area (Å²) in [5, 5.41) is 1.30. The van der Waals surface area contributed by atoms with E-state index in [1.807, 2.05) is 12.1 Å². The van der Waals surface area contributed by atoms with Gasteiger partial charge in [-0.25, -0.2) is 9.97 Å². The van der Waals surface area contributed by atoms with Gasteiger partial charge in [-0.2, -0.15) is 0 Å². The Morgan fingerprint density at radius 2 is 2.35 bits per heavy atom. The monoisotopic (exact) mass is 248 g/mol. The van der Waals surface area contributed by atoms with E-state index in [1.54, 1.807) is 13.1 Å². The zero-order valence-corrected chi connectivity index (χ0v) is 10.1. The van der Waals surface area contributed by atoms with Crippen LogP contribution in [0.25, 0.3) is 0 Å². The average molecular weight is 248 g/mol. The fraction of sp³-hybridized carbons (Fsp3) is 0.182. The van der Waals surface area contributed by atoms with Crippen LogP contribution in [-0.2, 0) is 6.54 Å². The third kappa shape index (κ3) is 2.92. The number of rotatable bonds is 3. The van der Waals surface area contributed by atoms with Crippen LogP contribution in [0.5, 0.6) is 0 Å². The first-order chi connectivity index (χ1) is 8.19. The molecule has 0 saturated carbocycles. The Kier molecular flexibility index (Phi) is 3.55. The molecule has 0 radical (unpaired) electrons. The molecule has 3 N–H and O–H groups in total. The molecule has 0 aliphatic heterocycles.